The van der Waals surface area contributed by atoms with Crippen molar-refractivity contribution >= 4 is 23.4 Å². The number of imide groups is 1. The number of amides is 3. The zero-order chi connectivity index (χ0) is 20.5. The molecule has 0 N–H and O–H groups in total. The van der Waals surface area contributed by atoms with Gasteiger partial charge in [0.2, 0.25) is 5.91 Å². The number of benzene rings is 2. The highest BCUT2D eigenvalue weighted by Gasteiger charge is 2.48. The number of hydrogen-bond acceptors (Lipinski definition) is 5. The van der Waals surface area contributed by atoms with Gasteiger partial charge < -0.3 is 9.64 Å². The van der Waals surface area contributed by atoms with Crippen LogP contribution in [0.15, 0.2) is 48.5 Å². The summed E-state index contributed by atoms with van der Waals surface area (Å²) in [5.41, 5.74) is 1.31. The third kappa shape index (κ3) is 3.45. The van der Waals surface area contributed by atoms with Crippen LogP contribution in [0.3, 0.4) is 0 Å². The molecule has 1 heterocycles. The summed E-state index contributed by atoms with van der Waals surface area (Å²) in [4.78, 5) is 41.6. The molecule has 29 heavy (non-hydrogen) atoms. The van der Waals surface area contributed by atoms with Crippen LogP contribution >= 0.6 is 0 Å². The molecule has 0 spiro atoms. The van der Waals surface area contributed by atoms with Gasteiger partial charge in [-0.2, -0.15) is 5.26 Å². The van der Waals surface area contributed by atoms with Gasteiger partial charge >= 0.3 is 0 Å². The summed E-state index contributed by atoms with van der Waals surface area (Å²) in [5.74, 6) is -0.382. The number of nitriles is 1. The molecule has 2 aromatic rings. The van der Waals surface area contributed by atoms with E-state index in [-0.39, 0.29) is 24.3 Å². The first-order chi connectivity index (χ1) is 14.0. The first-order valence-corrected chi connectivity index (χ1v) is 9.37. The second-order valence-electron chi connectivity index (χ2n) is 7.12. The van der Waals surface area contributed by atoms with Crippen molar-refractivity contribution in [3.63, 3.8) is 0 Å². The van der Waals surface area contributed by atoms with Crippen molar-refractivity contribution in [2.45, 2.75) is 31.3 Å². The molecule has 1 saturated heterocycles. The molecular formula is C22H19N3O4. The van der Waals surface area contributed by atoms with Gasteiger partial charge in [0.05, 0.1) is 30.9 Å². The van der Waals surface area contributed by atoms with Gasteiger partial charge in [-0.3, -0.25) is 14.4 Å². The molecule has 0 radical (unpaired) electrons. The van der Waals surface area contributed by atoms with Gasteiger partial charge in [0.1, 0.15) is 11.8 Å². The van der Waals surface area contributed by atoms with Crippen LogP contribution in [0.1, 0.15) is 35.2 Å². The molecule has 1 atom stereocenters. The lowest BCUT2D eigenvalue weighted by atomic mass is 10.1. The Morgan fingerprint density at radius 2 is 1.76 bits per heavy atom. The Morgan fingerprint density at radius 3 is 2.31 bits per heavy atom. The SMILES string of the molecule is COc1ccc(C(=O)N(C2CC2)C2CC(=O)N(c3ccc(C#N)cc3)C2=O)cc1. The largest absolute Gasteiger partial charge is 0.497 e. The van der Waals surface area contributed by atoms with Crippen LogP contribution in [0.4, 0.5) is 5.69 Å². The molecule has 1 saturated carbocycles. The van der Waals surface area contributed by atoms with E-state index < -0.39 is 11.9 Å². The van der Waals surface area contributed by atoms with Crippen molar-refractivity contribution in [2.24, 2.45) is 0 Å². The van der Waals surface area contributed by atoms with Crippen LogP contribution in [0.25, 0.3) is 0 Å². The Hall–Kier alpha value is -3.66. The Balaban J connectivity index is 1.61. The Morgan fingerprint density at radius 1 is 1.10 bits per heavy atom. The predicted octanol–water partition coefficient (Wildman–Crippen LogP) is 2.50. The van der Waals surface area contributed by atoms with E-state index in [2.05, 4.69) is 0 Å². The molecule has 7 heteroatoms. The highest BCUT2D eigenvalue weighted by molar-refractivity contribution is 6.23. The van der Waals surface area contributed by atoms with Crippen molar-refractivity contribution in [3.05, 3.63) is 59.7 Å². The molecule has 3 amide bonds. The summed E-state index contributed by atoms with van der Waals surface area (Å²) in [7, 11) is 1.55. The number of ether oxygens (including phenoxy) is 1. The van der Waals surface area contributed by atoms with E-state index in [1.807, 2.05) is 6.07 Å². The van der Waals surface area contributed by atoms with Crippen molar-refractivity contribution in [1.29, 1.82) is 5.26 Å². The topological polar surface area (TPSA) is 90.7 Å². The quantitative estimate of drug-likeness (QED) is 0.733. The van der Waals surface area contributed by atoms with Crippen molar-refractivity contribution in [1.82, 2.24) is 4.90 Å². The fourth-order valence-corrected chi connectivity index (χ4v) is 3.59. The van der Waals surface area contributed by atoms with Crippen LogP contribution in [-0.4, -0.2) is 41.8 Å². The fourth-order valence-electron chi connectivity index (χ4n) is 3.59. The van der Waals surface area contributed by atoms with Crippen LogP contribution in [0.2, 0.25) is 0 Å². The molecule has 2 aliphatic rings. The van der Waals surface area contributed by atoms with E-state index in [9.17, 15) is 14.4 Å². The summed E-state index contributed by atoms with van der Waals surface area (Å²) >= 11 is 0. The summed E-state index contributed by atoms with van der Waals surface area (Å²) in [6, 6.07) is 14.1. The van der Waals surface area contributed by atoms with Crippen molar-refractivity contribution < 1.29 is 19.1 Å². The summed E-state index contributed by atoms with van der Waals surface area (Å²) in [6.07, 6.45) is 1.59. The maximum Gasteiger partial charge on any atom is 0.257 e. The maximum absolute atomic E-state index is 13.2. The first kappa shape index (κ1) is 18.7. The van der Waals surface area contributed by atoms with E-state index in [4.69, 9.17) is 10.00 Å². The lowest BCUT2D eigenvalue weighted by molar-refractivity contribution is -0.122. The second kappa shape index (κ2) is 7.40. The number of anilines is 1. The zero-order valence-corrected chi connectivity index (χ0v) is 15.9. The van der Waals surface area contributed by atoms with Crippen LogP contribution in [-0.2, 0) is 9.59 Å². The van der Waals surface area contributed by atoms with Gasteiger partial charge in [0.15, 0.2) is 0 Å². The highest BCUT2D eigenvalue weighted by Crippen LogP contribution is 2.35. The van der Waals surface area contributed by atoms with Gasteiger partial charge in [0, 0.05) is 11.6 Å². The summed E-state index contributed by atoms with van der Waals surface area (Å²) in [5, 5.41) is 8.93. The average Bonchev–Trinajstić information content (AvgIpc) is 3.54. The molecule has 146 valence electrons. The van der Waals surface area contributed by atoms with Crippen molar-refractivity contribution in [3.8, 4) is 11.8 Å². The standard InChI is InChI=1S/C22H19N3O4/c1-29-18-10-4-15(5-11-18)21(27)24(16-8-9-16)19-12-20(26)25(22(19)28)17-6-2-14(13-23)3-7-17/h2-7,10-11,16,19H,8-9,12H2,1H3. The third-order valence-electron chi connectivity index (χ3n) is 5.22. The minimum Gasteiger partial charge on any atom is -0.497 e. The normalized spacial score (nSPS) is 18.5. The molecule has 1 aliphatic heterocycles. The molecule has 0 bridgehead atoms. The van der Waals surface area contributed by atoms with Gasteiger partial charge in [0.25, 0.3) is 11.8 Å². The molecule has 2 fully saturated rings. The van der Waals surface area contributed by atoms with Gasteiger partial charge in [-0.15, -0.1) is 0 Å². The van der Waals surface area contributed by atoms with Crippen LogP contribution < -0.4 is 9.64 Å². The molecule has 2 aromatic carbocycles. The molecule has 7 nitrogen and oxygen atoms in total. The number of carbonyl (C=O) groups is 3. The van der Waals surface area contributed by atoms with Crippen LogP contribution in [0.5, 0.6) is 5.75 Å². The van der Waals surface area contributed by atoms with E-state index in [1.165, 1.54) is 0 Å². The lowest BCUT2D eigenvalue weighted by Gasteiger charge is -2.27. The van der Waals surface area contributed by atoms with Gasteiger partial charge in [-0.25, -0.2) is 4.90 Å². The number of hydrogen-bond donors (Lipinski definition) is 0. The average molecular weight is 389 g/mol. The minimum absolute atomic E-state index is 0.0349. The van der Waals surface area contributed by atoms with Gasteiger partial charge in [-0.1, -0.05) is 0 Å². The molecule has 4 rings (SSSR count). The third-order valence-corrected chi connectivity index (χ3v) is 5.22. The van der Waals surface area contributed by atoms with E-state index in [0.29, 0.717) is 22.6 Å². The monoisotopic (exact) mass is 389 g/mol. The van der Waals surface area contributed by atoms with Crippen molar-refractivity contribution in [2.75, 3.05) is 12.0 Å². The van der Waals surface area contributed by atoms with Crippen LogP contribution in [0, 0.1) is 11.3 Å². The van der Waals surface area contributed by atoms with E-state index in [1.54, 1.807) is 60.5 Å². The smallest absolute Gasteiger partial charge is 0.257 e. The molecule has 0 aromatic heterocycles. The Kier molecular flexibility index (Phi) is 4.77. The van der Waals surface area contributed by atoms with E-state index in [0.717, 1.165) is 17.7 Å². The molecular weight excluding hydrogens is 370 g/mol. The zero-order valence-electron chi connectivity index (χ0n) is 15.9. The maximum atomic E-state index is 13.2. The number of carbonyl (C=O) groups excluding carboxylic acids is 3. The van der Waals surface area contributed by atoms with E-state index >= 15 is 0 Å². The second-order valence-corrected chi connectivity index (χ2v) is 7.12. The minimum atomic E-state index is -0.819. The molecule has 1 unspecified atom stereocenters. The number of rotatable bonds is 5. The summed E-state index contributed by atoms with van der Waals surface area (Å²) in [6.45, 7) is 0. The molecule has 1 aliphatic carbocycles. The Bertz CT molecular complexity index is 1000. The van der Waals surface area contributed by atoms with Gasteiger partial charge in [-0.05, 0) is 61.4 Å². The predicted molar refractivity (Wildman–Crippen MR) is 104 cm³/mol. The Labute approximate surface area is 168 Å². The number of methoxy groups -OCH3 is 1. The fraction of sp³-hybridized carbons (Fsp3) is 0.273. The number of nitrogens with zero attached hydrogens (tertiary/aromatic N) is 3. The highest BCUT2D eigenvalue weighted by atomic mass is 16.5. The first-order valence-electron chi connectivity index (χ1n) is 9.37. The summed E-state index contributed by atoms with van der Waals surface area (Å²) < 4.78 is 5.13. The lowest BCUT2D eigenvalue weighted by Crippen LogP contribution is -2.46.